The predicted octanol–water partition coefficient (Wildman–Crippen LogP) is 3.74. The number of carbonyl (C=O) groups excluding carboxylic acids is 1. The van der Waals surface area contributed by atoms with Gasteiger partial charge in [0.25, 0.3) is 0 Å². The van der Waals surface area contributed by atoms with Gasteiger partial charge in [-0.2, -0.15) is 0 Å². The smallest absolute Gasteiger partial charge is 0.238 e. The quantitative estimate of drug-likeness (QED) is 0.815. The summed E-state index contributed by atoms with van der Waals surface area (Å²) in [5, 5.41) is 3.49. The average Bonchev–Trinajstić information content (AvgIpc) is 2.57. The van der Waals surface area contributed by atoms with Crippen molar-refractivity contribution in [2.75, 3.05) is 33.1 Å². The number of methoxy groups -OCH3 is 2. The molecule has 2 aromatic rings. The van der Waals surface area contributed by atoms with Gasteiger partial charge in [-0.1, -0.05) is 29.8 Å². The number of aryl methyl sites for hydroxylation is 1. The minimum atomic E-state index is -0.107. The monoisotopic (exact) mass is 362 g/mol. The normalized spacial score (nSPS) is 10.6. The second-order valence-electron chi connectivity index (χ2n) is 5.84. The van der Waals surface area contributed by atoms with E-state index >= 15 is 0 Å². The maximum absolute atomic E-state index is 12.2. The van der Waals surface area contributed by atoms with E-state index in [9.17, 15) is 4.79 Å². The van der Waals surface area contributed by atoms with Crippen LogP contribution >= 0.6 is 11.6 Å². The highest BCUT2D eigenvalue weighted by Gasteiger charge is 2.13. The molecule has 0 bridgehead atoms. The fourth-order valence-corrected chi connectivity index (χ4v) is 2.72. The Balaban J connectivity index is 1.99. The van der Waals surface area contributed by atoms with E-state index in [1.807, 2.05) is 49.2 Å². The highest BCUT2D eigenvalue weighted by Crippen LogP contribution is 2.31. The molecule has 25 heavy (non-hydrogen) atoms. The zero-order valence-electron chi connectivity index (χ0n) is 14.9. The molecule has 2 rings (SSSR count). The second kappa shape index (κ2) is 8.74. The zero-order valence-corrected chi connectivity index (χ0v) is 15.7. The van der Waals surface area contributed by atoms with Crippen molar-refractivity contribution in [3.05, 3.63) is 52.5 Å². The van der Waals surface area contributed by atoms with Gasteiger partial charge in [0.2, 0.25) is 5.91 Å². The number of rotatable bonds is 7. The lowest BCUT2D eigenvalue weighted by molar-refractivity contribution is -0.117. The maximum Gasteiger partial charge on any atom is 0.238 e. The summed E-state index contributed by atoms with van der Waals surface area (Å²) in [6, 6.07) is 11.2. The van der Waals surface area contributed by atoms with Crippen LogP contribution in [0.4, 0.5) is 5.69 Å². The van der Waals surface area contributed by atoms with Gasteiger partial charge in [-0.3, -0.25) is 9.69 Å². The van der Waals surface area contributed by atoms with Gasteiger partial charge >= 0.3 is 0 Å². The van der Waals surface area contributed by atoms with Crippen LogP contribution in [0, 0.1) is 6.92 Å². The van der Waals surface area contributed by atoms with E-state index in [-0.39, 0.29) is 12.5 Å². The third-order valence-corrected chi connectivity index (χ3v) is 4.20. The molecule has 6 heteroatoms. The van der Waals surface area contributed by atoms with Gasteiger partial charge in [-0.05, 0) is 37.7 Å². The molecule has 0 aliphatic heterocycles. The molecular weight excluding hydrogens is 340 g/mol. The van der Waals surface area contributed by atoms with E-state index in [0.717, 1.165) is 11.1 Å². The Morgan fingerprint density at radius 2 is 1.96 bits per heavy atom. The van der Waals surface area contributed by atoms with Crippen molar-refractivity contribution in [1.82, 2.24) is 4.90 Å². The Hall–Kier alpha value is -2.24. The number of ether oxygens (including phenoxy) is 2. The van der Waals surface area contributed by atoms with Gasteiger partial charge in [0, 0.05) is 22.8 Å². The minimum Gasteiger partial charge on any atom is -0.493 e. The summed E-state index contributed by atoms with van der Waals surface area (Å²) in [5.41, 5.74) is 2.62. The van der Waals surface area contributed by atoms with Gasteiger partial charge in [0.1, 0.15) is 0 Å². The number of benzene rings is 2. The van der Waals surface area contributed by atoms with Crippen molar-refractivity contribution < 1.29 is 14.3 Å². The van der Waals surface area contributed by atoms with E-state index in [1.165, 1.54) is 0 Å². The number of anilines is 1. The number of para-hydroxylation sites is 1. The summed E-state index contributed by atoms with van der Waals surface area (Å²) < 4.78 is 10.7. The molecule has 2 aromatic carbocycles. The Kier molecular flexibility index (Phi) is 6.67. The molecule has 0 unspecified atom stereocenters. The lowest BCUT2D eigenvalue weighted by atomic mass is 10.1. The number of amides is 1. The van der Waals surface area contributed by atoms with Crippen LogP contribution in [0.25, 0.3) is 0 Å². The van der Waals surface area contributed by atoms with E-state index < -0.39 is 0 Å². The van der Waals surface area contributed by atoms with Crippen LogP contribution in [-0.2, 0) is 11.3 Å². The van der Waals surface area contributed by atoms with Crippen LogP contribution in [0.15, 0.2) is 36.4 Å². The predicted molar refractivity (Wildman–Crippen MR) is 101 cm³/mol. The molecule has 5 nitrogen and oxygen atoms in total. The molecule has 0 saturated carbocycles. The van der Waals surface area contributed by atoms with Gasteiger partial charge in [0.15, 0.2) is 11.5 Å². The van der Waals surface area contributed by atoms with Crippen LogP contribution in [0.2, 0.25) is 5.02 Å². The first kappa shape index (κ1) is 19.1. The van der Waals surface area contributed by atoms with E-state index in [4.69, 9.17) is 21.1 Å². The molecule has 0 aromatic heterocycles. The fourth-order valence-electron chi connectivity index (χ4n) is 2.54. The lowest BCUT2D eigenvalue weighted by Gasteiger charge is -2.19. The number of likely N-dealkylation sites (N-methyl/N-ethyl adjacent to an activating group) is 1. The number of hydrogen-bond donors (Lipinski definition) is 1. The number of hydrogen-bond acceptors (Lipinski definition) is 4. The van der Waals surface area contributed by atoms with E-state index in [1.54, 1.807) is 20.3 Å². The van der Waals surface area contributed by atoms with Crippen molar-refractivity contribution in [1.29, 1.82) is 0 Å². The molecule has 0 aliphatic rings. The van der Waals surface area contributed by atoms with Crippen molar-refractivity contribution in [2.45, 2.75) is 13.5 Å². The zero-order chi connectivity index (χ0) is 18.4. The first-order chi connectivity index (χ1) is 11.9. The van der Waals surface area contributed by atoms with Crippen LogP contribution in [-0.4, -0.2) is 38.6 Å². The molecule has 0 heterocycles. The highest BCUT2D eigenvalue weighted by atomic mass is 35.5. The molecule has 0 radical (unpaired) electrons. The summed E-state index contributed by atoms with van der Waals surface area (Å²) in [7, 11) is 5.08. The molecule has 0 aliphatic carbocycles. The van der Waals surface area contributed by atoms with Crippen molar-refractivity contribution in [3.8, 4) is 11.5 Å². The minimum absolute atomic E-state index is 0.107. The van der Waals surface area contributed by atoms with Gasteiger partial charge in [-0.15, -0.1) is 0 Å². The number of halogens is 1. The standard InChI is InChI=1S/C19H23ClN2O3/c1-13-8-9-15(10-16(13)20)21-18(23)12-22(2)11-14-6-5-7-17(24-3)19(14)25-4/h5-10H,11-12H2,1-4H3,(H,21,23). The second-order valence-corrected chi connectivity index (χ2v) is 6.24. The van der Waals surface area contributed by atoms with Crippen LogP contribution in [0.5, 0.6) is 11.5 Å². The molecule has 0 saturated heterocycles. The fraction of sp³-hybridized carbons (Fsp3) is 0.316. The lowest BCUT2D eigenvalue weighted by Crippen LogP contribution is -2.30. The Bertz CT molecular complexity index is 749. The third kappa shape index (κ3) is 5.11. The Labute approximate surface area is 153 Å². The molecule has 1 amide bonds. The molecule has 1 N–H and O–H groups in total. The highest BCUT2D eigenvalue weighted by molar-refractivity contribution is 6.31. The Morgan fingerprint density at radius 1 is 1.20 bits per heavy atom. The summed E-state index contributed by atoms with van der Waals surface area (Å²) in [6.07, 6.45) is 0. The first-order valence-corrected chi connectivity index (χ1v) is 8.26. The summed E-state index contributed by atoms with van der Waals surface area (Å²) >= 11 is 6.08. The Morgan fingerprint density at radius 3 is 2.60 bits per heavy atom. The summed E-state index contributed by atoms with van der Waals surface area (Å²) in [6.45, 7) is 2.72. The van der Waals surface area contributed by atoms with E-state index in [0.29, 0.717) is 28.8 Å². The molecular formula is C19H23ClN2O3. The third-order valence-electron chi connectivity index (χ3n) is 3.79. The van der Waals surface area contributed by atoms with Crippen molar-refractivity contribution in [2.24, 2.45) is 0 Å². The molecule has 0 spiro atoms. The first-order valence-electron chi connectivity index (χ1n) is 7.89. The summed E-state index contributed by atoms with van der Waals surface area (Å²) in [4.78, 5) is 14.1. The largest absolute Gasteiger partial charge is 0.493 e. The SMILES string of the molecule is COc1cccc(CN(C)CC(=O)Nc2ccc(C)c(Cl)c2)c1OC. The summed E-state index contributed by atoms with van der Waals surface area (Å²) in [5.74, 6) is 1.25. The molecule has 134 valence electrons. The molecule has 0 fully saturated rings. The number of carbonyl (C=O) groups is 1. The van der Waals surface area contributed by atoms with E-state index in [2.05, 4.69) is 5.32 Å². The van der Waals surface area contributed by atoms with Crippen LogP contribution in [0.3, 0.4) is 0 Å². The van der Waals surface area contributed by atoms with Gasteiger partial charge in [-0.25, -0.2) is 0 Å². The number of nitrogens with zero attached hydrogens (tertiary/aromatic N) is 1. The topological polar surface area (TPSA) is 50.8 Å². The van der Waals surface area contributed by atoms with Gasteiger partial charge in [0.05, 0.1) is 20.8 Å². The van der Waals surface area contributed by atoms with Crippen LogP contribution in [0.1, 0.15) is 11.1 Å². The van der Waals surface area contributed by atoms with Crippen LogP contribution < -0.4 is 14.8 Å². The maximum atomic E-state index is 12.2. The van der Waals surface area contributed by atoms with Crippen molar-refractivity contribution in [3.63, 3.8) is 0 Å². The average molecular weight is 363 g/mol. The number of nitrogens with one attached hydrogen (secondary N) is 1. The van der Waals surface area contributed by atoms with Gasteiger partial charge < -0.3 is 14.8 Å². The van der Waals surface area contributed by atoms with Crippen molar-refractivity contribution >= 4 is 23.2 Å². The molecule has 0 atom stereocenters.